The molecule has 20 heavy (non-hydrogen) atoms. The number of ketones is 1. The maximum Gasteiger partial charge on any atom is 0.205 e. The highest BCUT2D eigenvalue weighted by Gasteiger charge is 2.58. The van der Waals surface area contributed by atoms with Crippen LogP contribution in [-0.4, -0.2) is 62.2 Å². The van der Waals surface area contributed by atoms with E-state index in [0.29, 0.717) is 0 Å². The molecule has 0 aliphatic carbocycles. The van der Waals surface area contributed by atoms with Crippen LogP contribution < -0.4 is 0 Å². The van der Waals surface area contributed by atoms with Gasteiger partial charge < -0.3 is 25.2 Å². The Balaban J connectivity index is 2.35. The lowest BCUT2D eigenvalue weighted by atomic mass is 9.82. The van der Waals surface area contributed by atoms with Crippen LogP contribution in [0.15, 0.2) is 30.3 Å². The molecule has 1 aromatic rings. The monoisotopic (exact) mass is 300 g/mol. The molecule has 6 nitrogen and oxygen atoms in total. The molecule has 1 heterocycles. The largest absolute Gasteiger partial charge is 0.394 e. The van der Waals surface area contributed by atoms with Crippen molar-refractivity contribution in [2.75, 3.05) is 6.61 Å². The topological polar surface area (TPSA) is 107 Å². The molecular formula is C13H16O6S. The average molecular weight is 300 g/mol. The van der Waals surface area contributed by atoms with Gasteiger partial charge in [0, 0.05) is 5.56 Å². The zero-order valence-electron chi connectivity index (χ0n) is 10.5. The van der Waals surface area contributed by atoms with Gasteiger partial charge in [0.2, 0.25) is 11.4 Å². The molecule has 5 atom stereocenters. The van der Waals surface area contributed by atoms with Gasteiger partial charge in [-0.05, 0) is 0 Å². The third-order valence-corrected chi connectivity index (χ3v) is 4.03. The fourth-order valence-electron chi connectivity index (χ4n) is 2.18. The van der Waals surface area contributed by atoms with Crippen molar-refractivity contribution in [1.29, 1.82) is 0 Å². The molecule has 0 unspecified atom stereocenters. The number of carbonyl (C=O) groups excluding carboxylic acids is 1. The Morgan fingerprint density at radius 3 is 2.45 bits per heavy atom. The first-order valence-corrected chi connectivity index (χ1v) is 6.57. The fourth-order valence-corrected chi connectivity index (χ4v) is 2.57. The number of hydrogen-bond acceptors (Lipinski definition) is 7. The van der Waals surface area contributed by atoms with E-state index in [1.165, 1.54) is 12.1 Å². The molecular weight excluding hydrogens is 284 g/mol. The van der Waals surface area contributed by atoms with Gasteiger partial charge >= 0.3 is 0 Å². The maximum atomic E-state index is 12.3. The van der Waals surface area contributed by atoms with Gasteiger partial charge in [0.05, 0.1) is 18.0 Å². The van der Waals surface area contributed by atoms with Gasteiger partial charge in [-0.1, -0.05) is 30.3 Å². The number of carbonyl (C=O) groups is 1. The Labute approximate surface area is 121 Å². The third-order valence-electron chi connectivity index (χ3n) is 3.42. The van der Waals surface area contributed by atoms with E-state index < -0.39 is 41.7 Å². The minimum Gasteiger partial charge on any atom is -0.394 e. The van der Waals surface area contributed by atoms with Crippen LogP contribution in [0.5, 0.6) is 0 Å². The SMILES string of the molecule is O=C(c1ccccc1)[C@]1(O)[C@@H](O)O[C@H](CO)[C@H](S)[C@@H]1O. The van der Waals surface area contributed by atoms with Crippen LogP contribution in [0.3, 0.4) is 0 Å². The van der Waals surface area contributed by atoms with Crippen molar-refractivity contribution in [3.05, 3.63) is 35.9 Å². The molecule has 1 fully saturated rings. The van der Waals surface area contributed by atoms with Crippen LogP contribution >= 0.6 is 12.6 Å². The average Bonchev–Trinajstić information content (AvgIpc) is 2.48. The third kappa shape index (κ3) is 2.37. The first kappa shape index (κ1) is 15.4. The van der Waals surface area contributed by atoms with E-state index in [2.05, 4.69) is 12.6 Å². The number of Topliss-reactive ketones (excluding diaryl/α,β-unsaturated/α-hetero) is 1. The van der Waals surface area contributed by atoms with Crippen molar-refractivity contribution in [2.24, 2.45) is 0 Å². The first-order chi connectivity index (χ1) is 9.42. The Kier molecular flexibility index (Phi) is 4.48. The van der Waals surface area contributed by atoms with E-state index in [0.717, 1.165) is 0 Å². The lowest BCUT2D eigenvalue weighted by molar-refractivity contribution is -0.276. The molecule has 0 spiro atoms. The normalized spacial score (nSPS) is 37.6. The van der Waals surface area contributed by atoms with Crippen molar-refractivity contribution in [3.8, 4) is 0 Å². The molecule has 0 bridgehead atoms. The van der Waals surface area contributed by atoms with E-state index in [4.69, 9.17) is 9.84 Å². The fraction of sp³-hybridized carbons (Fsp3) is 0.462. The molecule has 1 aromatic carbocycles. The summed E-state index contributed by atoms with van der Waals surface area (Å²) in [7, 11) is 0. The highest BCUT2D eigenvalue weighted by molar-refractivity contribution is 7.81. The summed E-state index contributed by atoms with van der Waals surface area (Å²) in [5, 5.41) is 38.4. The Bertz CT molecular complexity index is 481. The van der Waals surface area contributed by atoms with E-state index in [-0.39, 0.29) is 5.56 Å². The van der Waals surface area contributed by atoms with Crippen molar-refractivity contribution in [3.63, 3.8) is 0 Å². The van der Waals surface area contributed by atoms with Gasteiger partial charge in [-0.3, -0.25) is 4.79 Å². The number of aliphatic hydroxyl groups is 4. The van der Waals surface area contributed by atoms with Gasteiger partial charge in [0.25, 0.3) is 0 Å². The second-order valence-corrected chi connectivity index (χ2v) is 5.26. The number of hydrogen-bond donors (Lipinski definition) is 5. The molecule has 4 N–H and O–H groups in total. The summed E-state index contributed by atoms with van der Waals surface area (Å²) < 4.78 is 4.97. The number of thiol groups is 1. The smallest absolute Gasteiger partial charge is 0.205 e. The highest BCUT2D eigenvalue weighted by atomic mass is 32.1. The zero-order valence-corrected chi connectivity index (χ0v) is 11.4. The lowest BCUT2D eigenvalue weighted by Crippen LogP contribution is -2.68. The first-order valence-electron chi connectivity index (χ1n) is 6.05. The van der Waals surface area contributed by atoms with E-state index in [1.807, 2.05) is 0 Å². The number of rotatable bonds is 3. The summed E-state index contributed by atoms with van der Waals surface area (Å²) in [6, 6.07) is 7.77. The van der Waals surface area contributed by atoms with Crippen LogP contribution in [0.4, 0.5) is 0 Å². The van der Waals surface area contributed by atoms with Gasteiger partial charge in [-0.2, -0.15) is 12.6 Å². The van der Waals surface area contributed by atoms with Crippen molar-refractivity contribution < 1.29 is 30.0 Å². The lowest BCUT2D eigenvalue weighted by Gasteiger charge is -2.45. The van der Waals surface area contributed by atoms with Crippen molar-refractivity contribution >= 4 is 18.4 Å². The van der Waals surface area contributed by atoms with Gasteiger partial charge in [0.1, 0.15) is 6.10 Å². The molecule has 1 saturated heterocycles. The molecule has 0 saturated carbocycles. The Morgan fingerprint density at radius 2 is 1.90 bits per heavy atom. The van der Waals surface area contributed by atoms with Gasteiger partial charge in [0.15, 0.2) is 6.29 Å². The minimum atomic E-state index is -2.53. The minimum absolute atomic E-state index is 0.125. The van der Waals surface area contributed by atoms with Crippen LogP contribution in [0.1, 0.15) is 10.4 Å². The number of benzene rings is 1. The molecule has 1 aliphatic heterocycles. The standard InChI is InChI=1S/C13H16O6S/c14-6-8-9(20)11(16)13(18,12(17)19-8)10(15)7-4-2-1-3-5-7/h1-5,8-9,11-12,14,16-18,20H,6H2/t8-,9+,11+,12+,13-/m1/s1. The Hall–Kier alpha value is -0.960. The van der Waals surface area contributed by atoms with Crippen LogP contribution in [0.25, 0.3) is 0 Å². The van der Waals surface area contributed by atoms with Crippen LogP contribution in [0, 0.1) is 0 Å². The predicted molar refractivity (Wildman–Crippen MR) is 72.5 cm³/mol. The summed E-state index contributed by atoms with van der Waals surface area (Å²) >= 11 is 4.03. The van der Waals surface area contributed by atoms with Crippen molar-refractivity contribution in [1.82, 2.24) is 0 Å². The maximum absolute atomic E-state index is 12.3. The van der Waals surface area contributed by atoms with E-state index in [1.54, 1.807) is 18.2 Å². The Morgan fingerprint density at radius 1 is 1.30 bits per heavy atom. The van der Waals surface area contributed by atoms with Crippen LogP contribution in [-0.2, 0) is 4.74 Å². The van der Waals surface area contributed by atoms with Crippen LogP contribution in [0.2, 0.25) is 0 Å². The van der Waals surface area contributed by atoms with E-state index >= 15 is 0 Å². The summed E-state index contributed by atoms with van der Waals surface area (Å²) in [4.78, 5) is 12.3. The molecule has 1 aliphatic rings. The molecule has 0 radical (unpaired) electrons. The highest BCUT2D eigenvalue weighted by Crippen LogP contribution is 2.34. The van der Waals surface area contributed by atoms with Crippen molar-refractivity contribution in [2.45, 2.75) is 29.3 Å². The molecule has 0 aromatic heterocycles. The summed E-state index contributed by atoms with van der Waals surface area (Å²) in [6.07, 6.45) is -4.61. The zero-order chi connectivity index (χ0) is 14.9. The molecule has 110 valence electrons. The van der Waals surface area contributed by atoms with Gasteiger partial charge in [-0.25, -0.2) is 0 Å². The molecule has 2 rings (SSSR count). The number of aliphatic hydroxyl groups excluding tert-OH is 3. The molecule has 7 heteroatoms. The predicted octanol–water partition coefficient (Wildman–Crippen LogP) is -1.03. The second kappa shape index (κ2) is 5.80. The quantitative estimate of drug-likeness (QED) is 0.361. The molecule has 0 amide bonds. The van der Waals surface area contributed by atoms with Gasteiger partial charge in [-0.15, -0.1) is 0 Å². The summed E-state index contributed by atoms with van der Waals surface area (Å²) in [6.45, 7) is -0.502. The second-order valence-electron chi connectivity index (χ2n) is 4.67. The van der Waals surface area contributed by atoms with E-state index in [9.17, 15) is 20.1 Å². The summed E-state index contributed by atoms with van der Waals surface area (Å²) in [5.74, 6) is -0.867. The summed E-state index contributed by atoms with van der Waals surface area (Å²) in [5.41, 5.74) is -2.40. The number of ether oxygens (including phenoxy) is 1.